The van der Waals surface area contributed by atoms with Gasteiger partial charge in [0.25, 0.3) is 0 Å². The highest BCUT2D eigenvalue weighted by molar-refractivity contribution is 9.10. The van der Waals surface area contributed by atoms with Gasteiger partial charge in [-0.25, -0.2) is 0 Å². The van der Waals surface area contributed by atoms with Gasteiger partial charge in [0.2, 0.25) is 0 Å². The summed E-state index contributed by atoms with van der Waals surface area (Å²) < 4.78 is 6.51. The lowest BCUT2D eigenvalue weighted by Crippen LogP contribution is -2.42. The molecule has 2 atom stereocenters. The van der Waals surface area contributed by atoms with Crippen molar-refractivity contribution >= 4 is 21.6 Å². The highest BCUT2D eigenvalue weighted by atomic mass is 79.9. The third-order valence-electron chi connectivity index (χ3n) is 4.25. The predicted octanol–water partition coefficient (Wildman–Crippen LogP) is 3.67. The van der Waals surface area contributed by atoms with E-state index in [0.29, 0.717) is 12.0 Å². The van der Waals surface area contributed by atoms with Crippen molar-refractivity contribution in [1.82, 2.24) is 5.32 Å². The minimum atomic E-state index is 0.556. The molecule has 1 N–H and O–H groups in total. The maximum atomic E-state index is 5.36. The van der Waals surface area contributed by atoms with Crippen LogP contribution in [0.5, 0.6) is 5.75 Å². The number of benzene rings is 1. The molecule has 0 aromatic heterocycles. The van der Waals surface area contributed by atoms with E-state index in [9.17, 15) is 0 Å². The van der Waals surface area contributed by atoms with Crippen molar-refractivity contribution in [3.8, 4) is 5.75 Å². The van der Waals surface area contributed by atoms with E-state index in [0.717, 1.165) is 29.9 Å². The summed E-state index contributed by atoms with van der Waals surface area (Å²) in [5.74, 6) is 1.61. The third kappa shape index (κ3) is 3.67. The highest BCUT2D eigenvalue weighted by Crippen LogP contribution is 2.31. The van der Waals surface area contributed by atoms with Crippen molar-refractivity contribution in [2.24, 2.45) is 5.92 Å². The lowest BCUT2D eigenvalue weighted by atomic mass is 9.99. The van der Waals surface area contributed by atoms with Crippen molar-refractivity contribution < 1.29 is 4.74 Å². The zero-order valence-electron chi connectivity index (χ0n) is 12.7. The number of nitrogens with zero attached hydrogens (tertiary/aromatic N) is 1. The molecule has 112 valence electrons. The summed E-state index contributed by atoms with van der Waals surface area (Å²) in [5, 5.41) is 3.69. The summed E-state index contributed by atoms with van der Waals surface area (Å²) in [6.45, 7) is 7.85. The van der Waals surface area contributed by atoms with Gasteiger partial charge >= 0.3 is 0 Å². The van der Waals surface area contributed by atoms with Crippen LogP contribution < -0.4 is 15.0 Å². The molecule has 0 bridgehead atoms. The van der Waals surface area contributed by atoms with E-state index in [1.807, 2.05) is 6.07 Å². The van der Waals surface area contributed by atoms with E-state index in [2.05, 4.69) is 52.1 Å². The van der Waals surface area contributed by atoms with Crippen LogP contribution in [0.15, 0.2) is 22.7 Å². The molecule has 1 aliphatic heterocycles. The molecule has 0 saturated carbocycles. The number of hydrogen-bond donors (Lipinski definition) is 1. The van der Waals surface area contributed by atoms with Gasteiger partial charge in [0.1, 0.15) is 5.75 Å². The Bertz CT molecular complexity index is 438. The Morgan fingerprint density at radius 3 is 3.00 bits per heavy atom. The Morgan fingerprint density at radius 1 is 1.50 bits per heavy atom. The van der Waals surface area contributed by atoms with E-state index < -0.39 is 0 Å². The molecular formula is C16H25BrN2O. The molecule has 1 aromatic rings. The predicted molar refractivity (Wildman–Crippen MR) is 88.8 cm³/mol. The second-order valence-electron chi connectivity index (χ2n) is 5.56. The van der Waals surface area contributed by atoms with Crippen LogP contribution in [-0.2, 0) is 0 Å². The molecule has 1 fully saturated rings. The zero-order chi connectivity index (χ0) is 14.5. The lowest BCUT2D eigenvalue weighted by molar-refractivity contribution is 0.383. The summed E-state index contributed by atoms with van der Waals surface area (Å²) in [5.41, 5.74) is 1.24. The molecule has 1 saturated heterocycles. The average molecular weight is 341 g/mol. The SMILES string of the molecule is CCC(C)C1CN(c2cc(OC)ccc2Br)CCCN1. The Balaban J connectivity index is 2.21. The largest absolute Gasteiger partial charge is 0.497 e. The van der Waals surface area contributed by atoms with Gasteiger partial charge in [0.15, 0.2) is 0 Å². The van der Waals surface area contributed by atoms with Crippen LogP contribution in [0.25, 0.3) is 0 Å². The van der Waals surface area contributed by atoms with Crippen LogP contribution in [0.4, 0.5) is 5.69 Å². The van der Waals surface area contributed by atoms with E-state index in [4.69, 9.17) is 4.74 Å². The number of hydrogen-bond acceptors (Lipinski definition) is 3. The van der Waals surface area contributed by atoms with E-state index in [-0.39, 0.29) is 0 Å². The standard InChI is InChI=1S/C16H25BrN2O/c1-4-12(2)15-11-19(9-5-8-18-15)16-10-13(20-3)6-7-14(16)17/h6-7,10,12,15,18H,4-5,8-9,11H2,1-3H3. The Hall–Kier alpha value is -0.740. The number of nitrogens with one attached hydrogen (secondary N) is 1. The first kappa shape index (κ1) is 15.6. The minimum absolute atomic E-state index is 0.556. The van der Waals surface area contributed by atoms with Crippen molar-refractivity contribution in [3.63, 3.8) is 0 Å². The molecule has 2 unspecified atom stereocenters. The number of rotatable bonds is 4. The topological polar surface area (TPSA) is 24.5 Å². The fourth-order valence-corrected chi connectivity index (χ4v) is 3.19. The second-order valence-corrected chi connectivity index (χ2v) is 6.42. The normalized spacial score (nSPS) is 21.4. The quantitative estimate of drug-likeness (QED) is 0.904. The fourth-order valence-electron chi connectivity index (χ4n) is 2.70. The summed E-state index contributed by atoms with van der Waals surface area (Å²) in [6, 6.07) is 6.75. The second kappa shape index (κ2) is 7.32. The van der Waals surface area contributed by atoms with Crippen molar-refractivity contribution in [3.05, 3.63) is 22.7 Å². The molecule has 2 rings (SSSR count). The maximum Gasteiger partial charge on any atom is 0.121 e. The summed E-state index contributed by atoms with van der Waals surface area (Å²) in [6.07, 6.45) is 2.39. The van der Waals surface area contributed by atoms with Crippen molar-refractivity contribution in [1.29, 1.82) is 0 Å². The fraction of sp³-hybridized carbons (Fsp3) is 0.625. The first-order chi connectivity index (χ1) is 9.65. The Kier molecular flexibility index (Phi) is 5.73. The van der Waals surface area contributed by atoms with E-state index in [1.54, 1.807) is 7.11 Å². The molecule has 1 aliphatic rings. The average Bonchev–Trinajstić information content (AvgIpc) is 2.73. The summed E-state index contributed by atoms with van der Waals surface area (Å²) in [4.78, 5) is 2.48. The van der Waals surface area contributed by atoms with Crippen LogP contribution in [0, 0.1) is 5.92 Å². The van der Waals surface area contributed by atoms with Crippen LogP contribution in [0.2, 0.25) is 0 Å². The van der Waals surface area contributed by atoms with Crippen LogP contribution in [0.1, 0.15) is 26.7 Å². The molecule has 0 aliphatic carbocycles. The van der Waals surface area contributed by atoms with Crippen LogP contribution in [-0.4, -0.2) is 32.8 Å². The van der Waals surface area contributed by atoms with E-state index >= 15 is 0 Å². The Morgan fingerprint density at radius 2 is 2.30 bits per heavy atom. The van der Waals surface area contributed by atoms with Gasteiger partial charge in [0, 0.05) is 29.7 Å². The van der Waals surface area contributed by atoms with Crippen LogP contribution in [0.3, 0.4) is 0 Å². The molecule has 4 heteroatoms. The Labute approximate surface area is 130 Å². The molecule has 20 heavy (non-hydrogen) atoms. The lowest BCUT2D eigenvalue weighted by Gasteiger charge is -2.30. The van der Waals surface area contributed by atoms with Gasteiger partial charge in [-0.2, -0.15) is 0 Å². The number of anilines is 1. The smallest absolute Gasteiger partial charge is 0.121 e. The van der Waals surface area contributed by atoms with Gasteiger partial charge < -0.3 is 15.0 Å². The molecule has 3 nitrogen and oxygen atoms in total. The third-order valence-corrected chi connectivity index (χ3v) is 4.92. The molecule has 0 amide bonds. The summed E-state index contributed by atoms with van der Waals surface area (Å²) >= 11 is 3.68. The van der Waals surface area contributed by atoms with Gasteiger partial charge in [-0.3, -0.25) is 0 Å². The molecule has 1 heterocycles. The van der Waals surface area contributed by atoms with E-state index in [1.165, 1.54) is 18.5 Å². The molecule has 1 aromatic carbocycles. The monoisotopic (exact) mass is 340 g/mol. The van der Waals surface area contributed by atoms with Gasteiger partial charge in [-0.15, -0.1) is 0 Å². The van der Waals surface area contributed by atoms with Crippen molar-refractivity contribution in [2.75, 3.05) is 31.6 Å². The maximum absolute atomic E-state index is 5.36. The van der Waals surface area contributed by atoms with Gasteiger partial charge in [-0.05, 0) is 46.9 Å². The van der Waals surface area contributed by atoms with Crippen LogP contribution >= 0.6 is 15.9 Å². The van der Waals surface area contributed by atoms with Gasteiger partial charge in [0.05, 0.1) is 12.8 Å². The molecule has 0 spiro atoms. The molecule has 0 radical (unpaired) electrons. The minimum Gasteiger partial charge on any atom is -0.497 e. The van der Waals surface area contributed by atoms with Crippen molar-refractivity contribution in [2.45, 2.75) is 32.7 Å². The van der Waals surface area contributed by atoms with Gasteiger partial charge in [-0.1, -0.05) is 20.3 Å². The number of ether oxygens (including phenoxy) is 1. The molecular weight excluding hydrogens is 316 g/mol. The zero-order valence-corrected chi connectivity index (χ0v) is 14.2. The summed E-state index contributed by atoms with van der Waals surface area (Å²) in [7, 11) is 1.72. The number of halogens is 1. The number of methoxy groups -OCH3 is 1. The first-order valence-corrected chi connectivity index (χ1v) is 8.26. The first-order valence-electron chi connectivity index (χ1n) is 7.47. The highest BCUT2D eigenvalue weighted by Gasteiger charge is 2.23.